The minimum absolute atomic E-state index is 0.0476. The predicted octanol–water partition coefficient (Wildman–Crippen LogP) is 3.01. The highest BCUT2D eigenvalue weighted by Gasteiger charge is 2.22. The van der Waals surface area contributed by atoms with Crippen molar-refractivity contribution < 1.29 is 14.1 Å². The molecular weight excluding hydrogens is 372 g/mol. The standard InChI is InChI=1S/C20H14N6O3/c1-12-10-16(25-29-12)23-19(27)17-15-4-2-3-9-26(15)18(24-17)20(28)22-14-7-5-13(11-21)6-8-14/h2-10H,1H3,(H,22,28)(H,23,25,27). The number of nitriles is 1. The van der Waals surface area contributed by atoms with Crippen LogP contribution in [0.4, 0.5) is 11.5 Å². The molecule has 0 atom stereocenters. The average molecular weight is 386 g/mol. The van der Waals surface area contributed by atoms with Crippen molar-refractivity contribution in [3.8, 4) is 6.07 Å². The van der Waals surface area contributed by atoms with Crippen molar-refractivity contribution in [1.29, 1.82) is 5.26 Å². The van der Waals surface area contributed by atoms with Gasteiger partial charge in [-0.2, -0.15) is 5.26 Å². The largest absolute Gasteiger partial charge is 0.360 e. The summed E-state index contributed by atoms with van der Waals surface area (Å²) in [4.78, 5) is 29.7. The summed E-state index contributed by atoms with van der Waals surface area (Å²) in [6.45, 7) is 1.71. The lowest BCUT2D eigenvalue weighted by atomic mass is 10.2. The summed E-state index contributed by atoms with van der Waals surface area (Å²) in [6.07, 6.45) is 1.65. The fourth-order valence-electron chi connectivity index (χ4n) is 2.78. The Morgan fingerprint density at radius 3 is 2.59 bits per heavy atom. The van der Waals surface area contributed by atoms with Gasteiger partial charge in [0.05, 0.1) is 17.1 Å². The number of aromatic nitrogens is 3. The van der Waals surface area contributed by atoms with E-state index in [-0.39, 0.29) is 17.3 Å². The van der Waals surface area contributed by atoms with Crippen LogP contribution >= 0.6 is 0 Å². The minimum atomic E-state index is -0.514. The van der Waals surface area contributed by atoms with E-state index in [1.807, 2.05) is 6.07 Å². The molecule has 2 N–H and O–H groups in total. The molecule has 3 aromatic heterocycles. The molecule has 4 rings (SSSR count). The summed E-state index contributed by atoms with van der Waals surface area (Å²) in [6, 6.07) is 15.2. The second kappa shape index (κ2) is 7.28. The number of carbonyl (C=O) groups excluding carboxylic acids is 2. The molecule has 0 fully saturated rings. The summed E-state index contributed by atoms with van der Waals surface area (Å²) < 4.78 is 6.47. The first-order chi connectivity index (χ1) is 14.0. The maximum atomic E-state index is 12.8. The van der Waals surface area contributed by atoms with Gasteiger partial charge in [0, 0.05) is 18.0 Å². The van der Waals surface area contributed by atoms with Crippen molar-refractivity contribution in [3.63, 3.8) is 0 Å². The first-order valence-electron chi connectivity index (χ1n) is 8.58. The van der Waals surface area contributed by atoms with Crippen LogP contribution in [0.25, 0.3) is 5.52 Å². The van der Waals surface area contributed by atoms with Crippen molar-refractivity contribution in [2.45, 2.75) is 6.92 Å². The molecule has 0 saturated heterocycles. The molecule has 9 heteroatoms. The lowest BCUT2D eigenvalue weighted by molar-refractivity contribution is 0.101. The first kappa shape index (κ1) is 17.9. The second-order valence-electron chi connectivity index (χ2n) is 6.16. The van der Waals surface area contributed by atoms with Crippen molar-refractivity contribution in [3.05, 3.63) is 77.6 Å². The maximum Gasteiger partial charge on any atom is 0.292 e. The Bertz CT molecular complexity index is 1260. The smallest absolute Gasteiger partial charge is 0.292 e. The highest BCUT2D eigenvalue weighted by molar-refractivity contribution is 6.10. The molecule has 9 nitrogen and oxygen atoms in total. The Kier molecular flexibility index (Phi) is 4.50. The van der Waals surface area contributed by atoms with E-state index in [2.05, 4.69) is 20.8 Å². The molecule has 0 radical (unpaired) electrons. The number of imidazole rings is 1. The number of fused-ring (bicyclic) bond motifs is 1. The third kappa shape index (κ3) is 3.54. The fourth-order valence-corrected chi connectivity index (χ4v) is 2.78. The van der Waals surface area contributed by atoms with Crippen molar-refractivity contribution in [2.24, 2.45) is 0 Å². The van der Waals surface area contributed by atoms with E-state index >= 15 is 0 Å². The van der Waals surface area contributed by atoms with Gasteiger partial charge in [0.2, 0.25) is 5.82 Å². The average Bonchev–Trinajstić information content (AvgIpc) is 3.32. The van der Waals surface area contributed by atoms with Crippen LogP contribution in [0, 0.1) is 18.3 Å². The summed E-state index contributed by atoms with van der Waals surface area (Å²) >= 11 is 0. The zero-order chi connectivity index (χ0) is 20.4. The number of rotatable bonds is 4. The van der Waals surface area contributed by atoms with E-state index in [0.29, 0.717) is 22.5 Å². The van der Waals surface area contributed by atoms with Crippen LogP contribution in [0.15, 0.2) is 59.3 Å². The van der Waals surface area contributed by atoms with E-state index in [1.165, 1.54) is 4.40 Å². The van der Waals surface area contributed by atoms with Gasteiger partial charge in [-0.1, -0.05) is 11.2 Å². The zero-order valence-corrected chi connectivity index (χ0v) is 15.2. The number of amides is 2. The Hall–Kier alpha value is -4.45. The molecule has 0 spiro atoms. The SMILES string of the molecule is Cc1cc(NC(=O)c2nc(C(=O)Nc3ccc(C#N)cc3)n3ccccc23)no1. The minimum Gasteiger partial charge on any atom is -0.360 e. The maximum absolute atomic E-state index is 12.8. The lowest BCUT2D eigenvalue weighted by Crippen LogP contribution is -2.16. The Morgan fingerprint density at radius 1 is 1.10 bits per heavy atom. The van der Waals surface area contributed by atoms with Crippen LogP contribution in [-0.2, 0) is 0 Å². The van der Waals surface area contributed by atoms with Crippen LogP contribution in [0.3, 0.4) is 0 Å². The number of hydrogen-bond donors (Lipinski definition) is 2. The van der Waals surface area contributed by atoms with Gasteiger partial charge in [0.15, 0.2) is 11.5 Å². The molecule has 0 aliphatic heterocycles. The normalized spacial score (nSPS) is 10.5. The van der Waals surface area contributed by atoms with Gasteiger partial charge in [-0.3, -0.25) is 14.0 Å². The monoisotopic (exact) mass is 386 g/mol. The van der Waals surface area contributed by atoms with Crippen molar-refractivity contribution >= 4 is 28.8 Å². The number of benzene rings is 1. The summed E-state index contributed by atoms with van der Waals surface area (Å²) in [5.74, 6) is -0.149. The molecule has 4 aromatic rings. The van der Waals surface area contributed by atoms with Crippen molar-refractivity contribution in [2.75, 3.05) is 10.6 Å². The van der Waals surface area contributed by atoms with Gasteiger partial charge in [-0.15, -0.1) is 0 Å². The van der Waals surface area contributed by atoms with E-state index in [4.69, 9.17) is 9.78 Å². The molecule has 0 aliphatic rings. The molecule has 3 heterocycles. The Labute approximate surface area is 164 Å². The van der Waals surface area contributed by atoms with Crippen LogP contribution in [0.1, 0.15) is 32.4 Å². The number of anilines is 2. The van der Waals surface area contributed by atoms with Gasteiger partial charge in [-0.25, -0.2) is 4.98 Å². The molecular formula is C20H14N6O3. The zero-order valence-electron chi connectivity index (χ0n) is 15.2. The van der Waals surface area contributed by atoms with Crippen molar-refractivity contribution in [1.82, 2.24) is 14.5 Å². The summed E-state index contributed by atoms with van der Waals surface area (Å²) in [7, 11) is 0. The van der Waals surface area contributed by atoms with E-state index in [9.17, 15) is 9.59 Å². The second-order valence-corrected chi connectivity index (χ2v) is 6.16. The number of carbonyl (C=O) groups is 2. The van der Waals surface area contributed by atoms with Gasteiger partial charge in [-0.05, 0) is 43.3 Å². The van der Waals surface area contributed by atoms with Gasteiger partial charge >= 0.3 is 0 Å². The Morgan fingerprint density at radius 2 is 1.90 bits per heavy atom. The Balaban J connectivity index is 1.65. The van der Waals surface area contributed by atoms with Gasteiger partial charge < -0.3 is 15.2 Å². The summed E-state index contributed by atoms with van der Waals surface area (Å²) in [5, 5.41) is 17.9. The fraction of sp³-hybridized carbons (Fsp3) is 0.0500. The first-order valence-corrected chi connectivity index (χ1v) is 8.58. The predicted molar refractivity (Wildman–Crippen MR) is 103 cm³/mol. The number of nitrogens with one attached hydrogen (secondary N) is 2. The van der Waals surface area contributed by atoms with Crippen LogP contribution in [0.2, 0.25) is 0 Å². The number of nitrogens with zero attached hydrogens (tertiary/aromatic N) is 4. The molecule has 142 valence electrons. The van der Waals surface area contributed by atoms with E-state index < -0.39 is 11.8 Å². The third-order valence-electron chi connectivity index (χ3n) is 4.11. The van der Waals surface area contributed by atoms with Gasteiger partial charge in [0.1, 0.15) is 5.76 Å². The molecule has 29 heavy (non-hydrogen) atoms. The van der Waals surface area contributed by atoms with E-state index in [0.717, 1.165) is 0 Å². The molecule has 0 saturated carbocycles. The highest BCUT2D eigenvalue weighted by Crippen LogP contribution is 2.17. The molecule has 2 amide bonds. The quantitative estimate of drug-likeness (QED) is 0.555. The topological polar surface area (TPSA) is 125 Å². The number of aryl methyl sites for hydroxylation is 1. The van der Waals surface area contributed by atoms with Crippen LogP contribution in [-0.4, -0.2) is 26.4 Å². The molecule has 0 unspecified atom stereocenters. The molecule has 0 bridgehead atoms. The molecule has 1 aromatic carbocycles. The summed E-state index contributed by atoms with van der Waals surface area (Å²) in [5.41, 5.74) is 1.54. The van der Waals surface area contributed by atoms with E-state index in [1.54, 1.807) is 61.7 Å². The lowest BCUT2D eigenvalue weighted by Gasteiger charge is -2.04. The third-order valence-corrected chi connectivity index (χ3v) is 4.11. The highest BCUT2D eigenvalue weighted by atomic mass is 16.5. The van der Waals surface area contributed by atoms with Crippen LogP contribution in [0.5, 0.6) is 0 Å². The number of hydrogen-bond acceptors (Lipinski definition) is 6. The van der Waals surface area contributed by atoms with Gasteiger partial charge in [0.25, 0.3) is 11.8 Å². The molecule has 0 aliphatic carbocycles. The van der Waals surface area contributed by atoms with Crippen LogP contribution < -0.4 is 10.6 Å². The number of pyridine rings is 1.